The normalized spacial score (nSPS) is 10.6. The molecule has 4 nitrogen and oxygen atoms in total. The highest BCUT2D eigenvalue weighted by Crippen LogP contribution is 1.96. The van der Waals surface area contributed by atoms with E-state index in [1.165, 1.54) is 19.3 Å². The third-order valence-corrected chi connectivity index (χ3v) is 1.43. The number of allylic oxidation sites excluding steroid dienone is 1. The lowest BCUT2D eigenvalue weighted by molar-refractivity contribution is -0.134. The Labute approximate surface area is 84.8 Å². The van der Waals surface area contributed by atoms with Gasteiger partial charge in [0.25, 0.3) is 0 Å². The van der Waals surface area contributed by atoms with Crippen molar-refractivity contribution in [3.63, 3.8) is 0 Å². The van der Waals surface area contributed by atoms with Gasteiger partial charge in [-0.2, -0.15) is 0 Å². The highest BCUT2D eigenvalue weighted by Gasteiger charge is 1.94. The first-order valence-electron chi connectivity index (χ1n) is 4.28. The monoisotopic (exact) mass is 199 g/mol. The minimum Gasteiger partial charge on any atom is -0.493 e. The number of esters is 1. The van der Waals surface area contributed by atoms with Crippen LogP contribution >= 0.6 is 0 Å². The molecule has 0 rings (SSSR count). The molecule has 0 aliphatic rings. The quantitative estimate of drug-likeness (QED) is 0.274. The Hall–Kier alpha value is -1.29. The Morgan fingerprint density at radius 2 is 2.07 bits per heavy atom. The summed E-state index contributed by atoms with van der Waals surface area (Å²) in [6, 6.07) is 0. The Bertz CT molecular complexity index is 221. The lowest BCUT2D eigenvalue weighted by Gasteiger charge is -2.10. The molecule has 0 aliphatic heterocycles. The second-order valence-electron chi connectivity index (χ2n) is 2.97. The second-order valence-corrected chi connectivity index (χ2v) is 2.97. The highest BCUT2D eigenvalue weighted by atomic mass is 16.5. The van der Waals surface area contributed by atoms with Gasteiger partial charge in [-0.15, -0.1) is 0 Å². The van der Waals surface area contributed by atoms with Gasteiger partial charge >= 0.3 is 5.97 Å². The van der Waals surface area contributed by atoms with E-state index in [0.29, 0.717) is 12.4 Å². The van der Waals surface area contributed by atoms with Crippen LogP contribution in [0, 0.1) is 0 Å². The summed E-state index contributed by atoms with van der Waals surface area (Å²) in [5.74, 6) is 0.0413. The summed E-state index contributed by atoms with van der Waals surface area (Å²) in [6.07, 6.45) is 2.76. The summed E-state index contributed by atoms with van der Waals surface area (Å²) in [5.41, 5.74) is 0. The predicted molar refractivity (Wildman–Crippen MR) is 54.8 cm³/mol. The van der Waals surface area contributed by atoms with Gasteiger partial charge in [-0.25, -0.2) is 4.79 Å². The maximum Gasteiger partial charge on any atom is 0.330 e. The largest absolute Gasteiger partial charge is 0.493 e. The summed E-state index contributed by atoms with van der Waals surface area (Å²) >= 11 is 0. The van der Waals surface area contributed by atoms with Gasteiger partial charge in [0.1, 0.15) is 12.4 Å². The number of ether oxygens (including phenoxy) is 2. The van der Waals surface area contributed by atoms with Crippen molar-refractivity contribution < 1.29 is 14.3 Å². The molecule has 0 bridgehead atoms. The van der Waals surface area contributed by atoms with Crippen molar-refractivity contribution in [2.75, 3.05) is 34.4 Å². The van der Waals surface area contributed by atoms with Crippen LogP contribution in [0.5, 0.6) is 0 Å². The summed E-state index contributed by atoms with van der Waals surface area (Å²) in [4.78, 5) is 12.7. The molecule has 0 fully saturated rings. The van der Waals surface area contributed by atoms with Crippen LogP contribution in [-0.2, 0) is 14.3 Å². The van der Waals surface area contributed by atoms with Crippen molar-refractivity contribution in [1.82, 2.24) is 4.90 Å². The van der Waals surface area contributed by atoms with Crippen LogP contribution in [0.15, 0.2) is 24.5 Å². The molecule has 0 aromatic rings. The average molecular weight is 199 g/mol. The van der Waals surface area contributed by atoms with Crippen LogP contribution in [0.2, 0.25) is 0 Å². The molecule has 0 radical (unpaired) electrons. The van der Waals surface area contributed by atoms with E-state index in [2.05, 4.69) is 11.3 Å². The number of hydrogen-bond donors (Lipinski definition) is 0. The van der Waals surface area contributed by atoms with Crippen LogP contribution in [0.3, 0.4) is 0 Å². The van der Waals surface area contributed by atoms with E-state index >= 15 is 0 Å². The van der Waals surface area contributed by atoms with Crippen LogP contribution in [0.4, 0.5) is 0 Å². The molecule has 0 saturated carbocycles. The van der Waals surface area contributed by atoms with Crippen molar-refractivity contribution in [3.05, 3.63) is 24.5 Å². The molecule has 0 aromatic carbocycles. The van der Waals surface area contributed by atoms with Crippen LogP contribution < -0.4 is 0 Å². The minimum atomic E-state index is -0.414. The van der Waals surface area contributed by atoms with Crippen molar-refractivity contribution in [2.45, 2.75) is 0 Å². The molecule has 0 saturated heterocycles. The molecule has 80 valence electrons. The molecule has 0 heterocycles. The first kappa shape index (κ1) is 12.7. The number of carbonyl (C=O) groups is 1. The fourth-order valence-electron chi connectivity index (χ4n) is 0.636. The first-order valence-corrected chi connectivity index (χ1v) is 4.28. The van der Waals surface area contributed by atoms with Gasteiger partial charge in [-0.3, -0.25) is 0 Å². The highest BCUT2D eigenvalue weighted by molar-refractivity contribution is 5.82. The van der Waals surface area contributed by atoms with Gasteiger partial charge in [0.15, 0.2) is 0 Å². The molecule has 14 heavy (non-hydrogen) atoms. The third-order valence-electron chi connectivity index (χ3n) is 1.43. The number of likely N-dealkylation sites (N-methyl/N-ethyl adjacent to an activating group) is 1. The van der Waals surface area contributed by atoms with Gasteiger partial charge in [-0.05, 0) is 20.2 Å². The minimum absolute atomic E-state index is 0.414. The lowest BCUT2D eigenvalue weighted by atomic mass is 10.4. The van der Waals surface area contributed by atoms with Crippen molar-refractivity contribution in [1.29, 1.82) is 0 Å². The van der Waals surface area contributed by atoms with Crippen molar-refractivity contribution in [2.24, 2.45) is 0 Å². The molecular formula is C10H17NO3. The second kappa shape index (κ2) is 7.15. The van der Waals surface area contributed by atoms with Gasteiger partial charge in [0.05, 0.1) is 7.11 Å². The maximum atomic E-state index is 10.7. The smallest absolute Gasteiger partial charge is 0.330 e. The molecule has 0 aromatic heterocycles. The van der Waals surface area contributed by atoms with E-state index in [1.54, 1.807) is 0 Å². The van der Waals surface area contributed by atoms with Crippen LogP contribution in [0.25, 0.3) is 0 Å². The molecule has 0 N–H and O–H groups in total. The third kappa shape index (κ3) is 7.36. The zero-order valence-electron chi connectivity index (χ0n) is 8.95. The molecule has 0 atom stereocenters. The van der Waals surface area contributed by atoms with Crippen LogP contribution in [0.1, 0.15) is 0 Å². The summed E-state index contributed by atoms with van der Waals surface area (Å²) in [7, 11) is 5.23. The summed E-state index contributed by atoms with van der Waals surface area (Å²) < 4.78 is 9.63. The van der Waals surface area contributed by atoms with Gasteiger partial charge in [0.2, 0.25) is 0 Å². The molecule has 4 heteroatoms. The van der Waals surface area contributed by atoms with E-state index in [9.17, 15) is 4.79 Å². The lowest BCUT2D eigenvalue weighted by Crippen LogP contribution is -2.17. The SMILES string of the molecule is C=C(/C=C/C(=O)OC)OCCN(C)C. The fourth-order valence-corrected chi connectivity index (χ4v) is 0.636. The molecule has 0 spiro atoms. The molecule has 0 unspecified atom stereocenters. The number of methoxy groups -OCH3 is 1. The number of carbonyl (C=O) groups excluding carboxylic acids is 1. The van der Waals surface area contributed by atoms with Gasteiger partial charge < -0.3 is 14.4 Å². The molecule has 0 aliphatic carbocycles. The van der Waals surface area contributed by atoms with Crippen LogP contribution in [-0.4, -0.2) is 45.2 Å². The Morgan fingerprint density at radius 1 is 1.43 bits per heavy atom. The Balaban J connectivity index is 3.65. The predicted octanol–water partition coefficient (Wildman–Crippen LogP) is 0.807. The van der Waals surface area contributed by atoms with E-state index in [-0.39, 0.29) is 0 Å². The topological polar surface area (TPSA) is 38.8 Å². The average Bonchev–Trinajstić information content (AvgIpc) is 2.13. The zero-order valence-corrected chi connectivity index (χ0v) is 8.95. The first-order chi connectivity index (χ1) is 6.56. The molecular weight excluding hydrogens is 182 g/mol. The van der Waals surface area contributed by atoms with E-state index in [1.807, 2.05) is 19.0 Å². The number of rotatable bonds is 6. The van der Waals surface area contributed by atoms with Crippen molar-refractivity contribution >= 4 is 5.97 Å². The number of nitrogens with zero attached hydrogens (tertiary/aromatic N) is 1. The van der Waals surface area contributed by atoms with E-state index in [4.69, 9.17) is 4.74 Å². The standard InChI is InChI=1S/C10H17NO3/c1-9(5-6-10(12)13-4)14-8-7-11(2)3/h5-6H,1,7-8H2,2-4H3/b6-5+. The van der Waals surface area contributed by atoms with E-state index < -0.39 is 5.97 Å². The fraction of sp³-hybridized carbons (Fsp3) is 0.500. The van der Waals surface area contributed by atoms with Crippen molar-refractivity contribution in [3.8, 4) is 0 Å². The number of hydrogen-bond acceptors (Lipinski definition) is 4. The van der Waals surface area contributed by atoms with Gasteiger partial charge in [-0.1, -0.05) is 6.58 Å². The Kier molecular flexibility index (Phi) is 6.49. The van der Waals surface area contributed by atoms with E-state index in [0.717, 1.165) is 6.54 Å². The molecule has 0 amide bonds. The zero-order chi connectivity index (χ0) is 11.0. The summed E-state index contributed by atoms with van der Waals surface area (Å²) in [5, 5.41) is 0. The maximum absolute atomic E-state index is 10.7. The summed E-state index contributed by atoms with van der Waals surface area (Å²) in [6.45, 7) is 4.99. The Morgan fingerprint density at radius 3 is 2.57 bits per heavy atom. The van der Waals surface area contributed by atoms with Gasteiger partial charge in [0, 0.05) is 12.6 Å².